The number of aliphatic hydroxyl groups excluding tert-OH is 1. The molecule has 3 aliphatic heterocycles. The fraction of sp³-hybridized carbons (Fsp3) is 0.591. The largest absolute Gasteiger partial charge is 0.478 e. The molecule has 3 saturated heterocycles. The van der Waals surface area contributed by atoms with Crippen LogP contribution in [-0.4, -0.2) is 54.0 Å². The minimum Gasteiger partial charge on any atom is -0.478 e. The van der Waals surface area contributed by atoms with Gasteiger partial charge in [-0.3, -0.25) is 0 Å². The summed E-state index contributed by atoms with van der Waals surface area (Å²) in [6.07, 6.45) is -3.57. The van der Waals surface area contributed by atoms with E-state index in [1.807, 2.05) is 58.0 Å². The molecule has 3 aliphatic rings. The van der Waals surface area contributed by atoms with E-state index in [-0.39, 0.29) is 11.9 Å². The lowest BCUT2D eigenvalue weighted by atomic mass is 10.0. The quantitative estimate of drug-likeness (QED) is 0.597. The van der Waals surface area contributed by atoms with E-state index >= 15 is 0 Å². The van der Waals surface area contributed by atoms with Crippen molar-refractivity contribution >= 4 is 0 Å². The maximum Gasteiger partial charge on any atom is 0.191 e. The van der Waals surface area contributed by atoms with Crippen LogP contribution in [0.5, 0.6) is 0 Å². The second-order valence-electron chi connectivity index (χ2n) is 8.37. The second kappa shape index (κ2) is 7.52. The van der Waals surface area contributed by atoms with Gasteiger partial charge in [-0.15, -0.1) is 0 Å². The molecule has 0 amide bonds. The summed E-state index contributed by atoms with van der Waals surface area (Å²) in [6.45, 7) is 11.4. The number of hydrogen-bond acceptors (Lipinski definition) is 7. The molecule has 1 N–H and O–H groups in total. The van der Waals surface area contributed by atoms with Crippen LogP contribution in [0.4, 0.5) is 0 Å². The van der Waals surface area contributed by atoms with Crippen molar-refractivity contribution in [1.82, 2.24) is 0 Å². The second-order valence-corrected chi connectivity index (χ2v) is 8.37. The van der Waals surface area contributed by atoms with Gasteiger partial charge in [0.1, 0.15) is 18.3 Å². The van der Waals surface area contributed by atoms with E-state index in [9.17, 15) is 5.11 Å². The Balaban J connectivity index is 1.57. The van der Waals surface area contributed by atoms with Crippen molar-refractivity contribution in [3.8, 4) is 0 Å². The van der Waals surface area contributed by atoms with E-state index < -0.39 is 42.3 Å². The Morgan fingerprint density at radius 2 is 1.83 bits per heavy atom. The van der Waals surface area contributed by atoms with Crippen molar-refractivity contribution in [3.63, 3.8) is 0 Å². The summed E-state index contributed by atoms with van der Waals surface area (Å²) in [5.41, 5.74) is 3.40. The highest BCUT2D eigenvalue weighted by Crippen LogP contribution is 2.43. The van der Waals surface area contributed by atoms with Crippen LogP contribution >= 0.6 is 0 Å². The molecule has 6 atom stereocenters. The Labute approximate surface area is 170 Å². The summed E-state index contributed by atoms with van der Waals surface area (Å²) in [7, 11) is 0. The summed E-state index contributed by atoms with van der Waals surface area (Å²) >= 11 is 0. The molecule has 4 rings (SSSR count). The molecule has 1 aromatic carbocycles. The van der Waals surface area contributed by atoms with E-state index in [4.69, 9.17) is 28.4 Å². The molecule has 29 heavy (non-hydrogen) atoms. The van der Waals surface area contributed by atoms with E-state index in [1.54, 1.807) is 0 Å². The van der Waals surface area contributed by atoms with Gasteiger partial charge in [-0.05, 0) is 33.3 Å². The molecular formula is C22H28O7. The van der Waals surface area contributed by atoms with E-state index in [2.05, 4.69) is 12.3 Å². The minimum absolute atomic E-state index is 0.196. The predicted octanol–water partition coefficient (Wildman–Crippen LogP) is 2.80. The fourth-order valence-electron chi connectivity index (χ4n) is 3.95. The average Bonchev–Trinajstić information content (AvgIpc) is 3.29. The summed E-state index contributed by atoms with van der Waals surface area (Å²) in [5, 5.41) is 10.8. The fourth-order valence-corrected chi connectivity index (χ4v) is 3.95. The Morgan fingerprint density at radius 3 is 2.45 bits per heavy atom. The summed E-state index contributed by atoms with van der Waals surface area (Å²) in [5.74, 6) is -1.32. The molecule has 3 fully saturated rings. The van der Waals surface area contributed by atoms with Gasteiger partial charge in [0.05, 0.1) is 6.61 Å². The van der Waals surface area contributed by atoms with Crippen LogP contribution in [0.2, 0.25) is 0 Å². The first kappa shape index (κ1) is 20.6. The Bertz CT molecular complexity index is 784. The maximum atomic E-state index is 10.8. The lowest BCUT2D eigenvalue weighted by molar-refractivity contribution is -0.234. The van der Waals surface area contributed by atoms with Crippen molar-refractivity contribution in [3.05, 3.63) is 54.0 Å². The predicted molar refractivity (Wildman–Crippen MR) is 103 cm³/mol. The Kier molecular flexibility index (Phi) is 5.34. The third kappa shape index (κ3) is 4.13. The van der Waals surface area contributed by atoms with Crippen LogP contribution < -0.4 is 0 Å². The molecule has 0 spiro atoms. The summed E-state index contributed by atoms with van der Waals surface area (Å²) in [4.78, 5) is 0. The first-order valence-electron chi connectivity index (χ1n) is 9.81. The van der Waals surface area contributed by atoms with Gasteiger partial charge in [-0.1, -0.05) is 42.6 Å². The van der Waals surface area contributed by atoms with Crippen LogP contribution in [0, 0.1) is 0 Å². The SMILES string of the molecule is C=C=C(OC1C([C@H]2COC(C)(C)O2)O[C@H]2OC(C)(C)O[C@@H]12)[C@H](O)c1ccccc1. The molecule has 2 unspecified atom stereocenters. The standard InChI is InChI=1S/C22H28O7/c1-6-14(16(23)13-10-8-7-9-11-13)25-18-17(15-12-24-21(2,3)27-15)26-20-19(18)28-22(4,5)29-20/h7-11,15-20,23H,1,12H2,2-5H3/t15-,16-,17?,18?,19+,20+/m1/s1. The Morgan fingerprint density at radius 1 is 1.10 bits per heavy atom. The molecule has 0 radical (unpaired) electrons. The van der Waals surface area contributed by atoms with Crippen LogP contribution in [0.3, 0.4) is 0 Å². The molecule has 158 valence electrons. The van der Waals surface area contributed by atoms with Crippen LogP contribution in [0.1, 0.15) is 39.4 Å². The third-order valence-corrected chi connectivity index (χ3v) is 5.22. The minimum atomic E-state index is -1.01. The number of benzene rings is 1. The third-order valence-electron chi connectivity index (χ3n) is 5.22. The molecule has 3 heterocycles. The number of fused-ring (bicyclic) bond motifs is 1. The highest BCUT2D eigenvalue weighted by atomic mass is 16.8. The molecular weight excluding hydrogens is 376 g/mol. The van der Waals surface area contributed by atoms with Crippen molar-refractivity contribution in [2.75, 3.05) is 6.61 Å². The van der Waals surface area contributed by atoms with Crippen molar-refractivity contribution in [2.45, 2.75) is 76.1 Å². The van der Waals surface area contributed by atoms with Gasteiger partial charge in [0.15, 0.2) is 35.8 Å². The Hall–Kier alpha value is -1.70. The van der Waals surface area contributed by atoms with Gasteiger partial charge in [-0.2, -0.15) is 0 Å². The maximum absolute atomic E-state index is 10.8. The zero-order valence-electron chi connectivity index (χ0n) is 17.2. The molecule has 7 nitrogen and oxygen atoms in total. The zero-order valence-corrected chi connectivity index (χ0v) is 17.2. The zero-order chi connectivity index (χ0) is 20.8. The van der Waals surface area contributed by atoms with Crippen molar-refractivity contribution in [2.24, 2.45) is 0 Å². The monoisotopic (exact) mass is 404 g/mol. The van der Waals surface area contributed by atoms with Gasteiger partial charge in [0.25, 0.3) is 0 Å². The van der Waals surface area contributed by atoms with Gasteiger partial charge in [0.2, 0.25) is 0 Å². The molecule has 0 saturated carbocycles. The van der Waals surface area contributed by atoms with Crippen molar-refractivity contribution in [1.29, 1.82) is 0 Å². The lowest BCUT2D eigenvalue weighted by Gasteiger charge is -2.30. The molecule has 0 aliphatic carbocycles. The normalized spacial score (nSPS) is 35.7. The van der Waals surface area contributed by atoms with Crippen molar-refractivity contribution < 1.29 is 33.5 Å². The summed E-state index contributed by atoms with van der Waals surface area (Å²) < 4.78 is 35.9. The first-order valence-corrected chi connectivity index (χ1v) is 9.81. The topological polar surface area (TPSA) is 75.6 Å². The number of rotatable bonds is 5. The smallest absolute Gasteiger partial charge is 0.191 e. The van der Waals surface area contributed by atoms with Gasteiger partial charge in [0, 0.05) is 0 Å². The number of aliphatic hydroxyl groups is 1. The van der Waals surface area contributed by atoms with Crippen LogP contribution in [0.25, 0.3) is 0 Å². The number of hydrogen-bond donors (Lipinski definition) is 1. The van der Waals surface area contributed by atoms with E-state index in [1.165, 1.54) is 0 Å². The molecule has 0 aromatic heterocycles. The van der Waals surface area contributed by atoms with E-state index in [0.717, 1.165) is 0 Å². The van der Waals surface area contributed by atoms with Gasteiger partial charge < -0.3 is 33.5 Å². The van der Waals surface area contributed by atoms with Crippen LogP contribution in [-0.2, 0) is 28.4 Å². The molecule has 7 heteroatoms. The average molecular weight is 404 g/mol. The van der Waals surface area contributed by atoms with Gasteiger partial charge >= 0.3 is 0 Å². The lowest BCUT2D eigenvalue weighted by Crippen LogP contribution is -2.44. The van der Waals surface area contributed by atoms with Crippen LogP contribution in [0.15, 0.2) is 48.4 Å². The molecule has 0 bridgehead atoms. The first-order chi connectivity index (χ1) is 13.7. The number of ether oxygens (including phenoxy) is 6. The highest BCUT2D eigenvalue weighted by Gasteiger charge is 2.59. The van der Waals surface area contributed by atoms with Gasteiger partial charge in [-0.25, -0.2) is 0 Å². The highest BCUT2D eigenvalue weighted by molar-refractivity contribution is 5.23. The molecule has 1 aromatic rings. The summed E-state index contributed by atoms with van der Waals surface area (Å²) in [6, 6.07) is 9.19. The van der Waals surface area contributed by atoms with E-state index in [0.29, 0.717) is 12.2 Å².